The molecule has 1 aliphatic heterocycles. The first-order chi connectivity index (χ1) is 11.9. The van der Waals surface area contributed by atoms with E-state index in [1.54, 1.807) is 0 Å². The van der Waals surface area contributed by atoms with E-state index in [-0.39, 0.29) is 31.7 Å². The third kappa shape index (κ3) is 5.24. The largest absolute Gasteiger partial charge is 0.479 e. The number of ether oxygens (including phenoxy) is 2. The molecule has 1 aromatic rings. The van der Waals surface area contributed by atoms with E-state index in [1.165, 1.54) is 11.4 Å². The lowest BCUT2D eigenvalue weighted by Gasteiger charge is -2.37. The highest BCUT2D eigenvalue weighted by Gasteiger charge is 2.43. The second-order valence-corrected chi connectivity index (χ2v) is 8.20. The molecule has 0 aliphatic carbocycles. The van der Waals surface area contributed by atoms with E-state index in [0.717, 1.165) is 5.56 Å². The van der Waals surface area contributed by atoms with Crippen molar-refractivity contribution in [3.8, 4) is 0 Å². The summed E-state index contributed by atoms with van der Waals surface area (Å²) in [6.07, 6.45) is 0.713. The van der Waals surface area contributed by atoms with Crippen LogP contribution in [0.3, 0.4) is 0 Å². The molecule has 0 aromatic heterocycles. The topological polar surface area (TPSA) is 93.1 Å². The molecular weight excluding hydrogens is 346 g/mol. The van der Waals surface area contributed by atoms with Crippen LogP contribution < -0.4 is 0 Å². The van der Waals surface area contributed by atoms with Gasteiger partial charge in [0.1, 0.15) is 0 Å². The Bertz CT molecular complexity index is 653. The van der Waals surface area contributed by atoms with Gasteiger partial charge in [-0.15, -0.1) is 0 Å². The summed E-state index contributed by atoms with van der Waals surface area (Å²) in [5, 5.41) is 9.26. The minimum absolute atomic E-state index is 0.00512. The third-order valence-corrected chi connectivity index (χ3v) is 6.46. The van der Waals surface area contributed by atoms with E-state index < -0.39 is 21.6 Å². The summed E-state index contributed by atoms with van der Waals surface area (Å²) >= 11 is 0. The first-order valence-corrected chi connectivity index (χ1v) is 9.89. The standard InChI is InChI=1S/C17H25NO6S/c1-23-17(16(19)20)8-10-18(11-9-17)25(21,22)13-5-12-24-14-15-6-3-2-4-7-15/h2-4,6-7H,5,8-14H2,1H3,(H,19,20). The van der Waals surface area contributed by atoms with Crippen LogP contribution in [0, 0.1) is 0 Å². The summed E-state index contributed by atoms with van der Waals surface area (Å²) in [4.78, 5) is 11.3. The van der Waals surface area contributed by atoms with Gasteiger partial charge in [0.2, 0.25) is 10.0 Å². The zero-order chi connectivity index (χ0) is 18.3. The molecule has 25 heavy (non-hydrogen) atoms. The van der Waals surface area contributed by atoms with Crippen LogP contribution in [0.15, 0.2) is 30.3 Å². The Morgan fingerprint density at radius 3 is 2.44 bits per heavy atom. The summed E-state index contributed by atoms with van der Waals surface area (Å²) in [7, 11) is -2.06. The Morgan fingerprint density at radius 2 is 1.88 bits per heavy atom. The van der Waals surface area contributed by atoms with Crippen molar-refractivity contribution in [3.63, 3.8) is 0 Å². The molecule has 0 amide bonds. The fourth-order valence-corrected chi connectivity index (χ4v) is 4.35. The molecule has 1 aliphatic rings. The smallest absolute Gasteiger partial charge is 0.336 e. The van der Waals surface area contributed by atoms with Gasteiger partial charge in [-0.3, -0.25) is 0 Å². The van der Waals surface area contributed by atoms with Crippen molar-refractivity contribution in [2.24, 2.45) is 0 Å². The number of carbonyl (C=O) groups is 1. The van der Waals surface area contributed by atoms with Crippen LogP contribution in [-0.2, 0) is 30.9 Å². The molecular formula is C17H25NO6S. The fourth-order valence-electron chi connectivity index (χ4n) is 2.87. The molecule has 0 radical (unpaired) electrons. The summed E-state index contributed by atoms with van der Waals surface area (Å²) in [6, 6.07) is 9.69. The predicted molar refractivity (Wildman–Crippen MR) is 92.7 cm³/mol. The number of hydrogen-bond acceptors (Lipinski definition) is 5. The normalized spacial score (nSPS) is 18.1. The number of aliphatic carboxylic acids is 1. The van der Waals surface area contributed by atoms with E-state index in [2.05, 4.69) is 0 Å². The van der Waals surface area contributed by atoms with Gasteiger partial charge in [0.15, 0.2) is 5.60 Å². The highest BCUT2D eigenvalue weighted by Crippen LogP contribution is 2.27. The number of methoxy groups -OCH3 is 1. The van der Waals surface area contributed by atoms with Crippen LogP contribution in [0.2, 0.25) is 0 Å². The number of rotatable bonds is 9. The number of carboxylic acids is 1. The van der Waals surface area contributed by atoms with E-state index in [9.17, 15) is 18.3 Å². The Morgan fingerprint density at radius 1 is 1.24 bits per heavy atom. The Labute approximate surface area is 148 Å². The van der Waals surface area contributed by atoms with E-state index in [4.69, 9.17) is 9.47 Å². The van der Waals surface area contributed by atoms with E-state index >= 15 is 0 Å². The summed E-state index contributed by atoms with van der Waals surface area (Å²) in [5.41, 5.74) is -0.226. The molecule has 1 aromatic carbocycles. The zero-order valence-electron chi connectivity index (χ0n) is 14.4. The summed E-state index contributed by atoms with van der Waals surface area (Å²) in [6.45, 7) is 1.14. The van der Waals surface area contributed by atoms with Gasteiger partial charge in [-0.05, 0) is 12.0 Å². The lowest BCUT2D eigenvalue weighted by atomic mass is 9.92. The molecule has 1 heterocycles. The average Bonchev–Trinajstić information content (AvgIpc) is 2.62. The molecule has 0 spiro atoms. The summed E-state index contributed by atoms with van der Waals surface area (Å²) < 4.78 is 36.7. The van der Waals surface area contributed by atoms with Crippen molar-refractivity contribution in [2.45, 2.75) is 31.5 Å². The molecule has 140 valence electrons. The van der Waals surface area contributed by atoms with Crippen LogP contribution in [0.25, 0.3) is 0 Å². The van der Waals surface area contributed by atoms with Crippen molar-refractivity contribution >= 4 is 16.0 Å². The molecule has 2 rings (SSSR count). The quantitative estimate of drug-likeness (QED) is 0.661. The third-order valence-electron chi connectivity index (χ3n) is 4.51. The zero-order valence-corrected chi connectivity index (χ0v) is 15.2. The number of benzene rings is 1. The lowest BCUT2D eigenvalue weighted by Crippen LogP contribution is -2.52. The maximum absolute atomic E-state index is 12.4. The first-order valence-electron chi connectivity index (χ1n) is 8.28. The second kappa shape index (κ2) is 8.75. The number of hydrogen-bond donors (Lipinski definition) is 1. The van der Waals surface area contributed by atoms with Crippen molar-refractivity contribution in [2.75, 3.05) is 32.6 Å². The van der Waals surface area contributed by atoms with Crippen LogP contribution in [0.4, 0.5) is 0 Å². The molecule has 0 atom stereocenters. The number of carboxylic acid groups (broad SMARTS) is 1. The van der Waals surface area contributed by atoms with Gasteiger partial charge in [0.05, 0.1) is 12.4 Å². The van der Waals surface area contributed by atoms with Gasteiger partial charge in [-0.25, -0.2) is 17.5 Å². The van der Waals surface area contributed by atoms with E-state index in [0.29, 0.717) is 19.6 Å². The lowest BCUT2D eigenvalue weighted by molar-refractivity contribution is -0.166. The van der Waals surface area contributed by atoms with Gasteiger partial charge >= 0.3 is 5.97 Å². The monoisotopic (exact) mass is 371 g/mol. The molecule has 0 saturated carbocycles. The number of piperidine rings is 1. The van der Waals surface area contributed by atoms with Crippen molar-refractivity contribution in [3.05, 3.63) is 35.9 Å². The van der Waals surface area contributed by atoms with Gasteiger partial charge in [-0.1, -0.05) is 30.3 Å². The van der Waals surface area contributed by atoms with Crippen molar-refractivity contribution in [1.82, 2.24) is 4.31 Å². The molecule has 1 fully saturated rings. The summed E-state index contributed by atoms with van der Waals surface area (Å²) in [5.74, 6) is -1.05. The van der Waals surface area contributed by atoms with Crippen molar-refractivity contribution in [1.29, 1.82) is 0 Å². The molecule has 8 heteroatoms. The van der Waals surface area contributed by atoms with Gasteiger partial charge < -0.3 is 14.6 Å². The van der Waals surface area contributed by atoms with Crippen LogP contribution in [-0.4, -0.2) is 62.0 Å². The van der Waals surface area contributed by atoms with Gasteiger partial charge in [0.25, 0.3) is 0 Å². The van der Waals surface area contributed by atoms with Crippen molar-refractivity contribution < 1.29 is 27.8 Å². The minimum Gasteiger partial charge on any atom is -0.479 e. The molecule has 7 nitrogen and oxygen atoms in total. The Balaban J connectivity index is 1.74. The number of nitrogens with zero attached hydrogens (tertiary/aromatic N) is 1. The van der Waals surface area contributed by atoms with Crippen LogP contribution in [0.1, 0.15) is 24.8 Å². The maximum Gasteiger partial charge on any atom is 0.336 e. The molecule has 0 unspecified atom stereocenters. The Kier molecular flexibility index (Phi) is 6.95. The SMILES string of the molecule is COC1(C(=O)O)CCN(S(=O)(=O)CCCOCc2ccccc2)CC1. The molecule has 1 saturated heterocycles. The van der Waals surface area contributed by atoms with E-state index in [1.807, 2.05) is 30.3 Å². The van der Waals surface area contributed by atoms with Crippen LogP contribution >= 0.6 is 0 Å². The first kappa shape index (κ1) is 19.8. The highest BCUT2D eigenvalue weighted by molar-refractivity contribution is 7.89. The molecule has 1 N–H and O–H groups in total. The van der Waals surface area contributed by atoms with Crippen LogP contribution in [0.5, 0.6) is 0 Å². The maximum atomic E-state index is 12.4. The van der Waals surface area contributed by atoms with Gasteiger partial charge in [-0.2, -0.15) is 0 Å². The fraction of sp³-hybridized carbons (Fsp3) is 0.588. The second-order valence-electron chi connectivity index (χ2n) is 6.11. The Hall–Kier alpha value is -1.48. The average molecular weight is 371 g/mol. The molecule has 0 bridgehead atoms. The number of sulfonamides is 1. The minimum atomic E-state index is -3.41. The highest BCUT2D eigenvalue weighted by atomic mass is 32.2. The predicted octanol–water partition coefficient (Wildman–Crippen LogP) is 1.49. The van der Waals surface area contributed by atoms with Gasteiger partial charge in [0, 0.05) is 39.6 Å².